The minimum absolute atomic E-state index is 0.195. The molecule has 5 heteroatoms. The maximum Gasteiger partial charge on any atom is 0.341 e. The molecule has 0 radical (unpaired) electrons. The number of anilines is 2. The average Bonchev–Trinajstić information content (AvgIpc) is 2.46. The second-order valence-corrected chi connectivity index (χ2v) is 5.19. The van der Waals surface area contributed by atoms with Crippen molar-refractivity contribution in [2.24, 2.45) is 7.05 Å². The van der Waals surface area contributed by atoms with Crippen LogP contribution in [0.3, 0.4) is 0 Å². The van der Waals surface area contributed by atoms with Crippen LogP contribution in [-0.4, -0.2) is 17.1 Å². The maximum absolute atomic E-state index is 12.1. The van der Waals surface area contributed by atoms with E-state index in [-0.39, 0.29) is 12.2 Å². The van der Waals surface area contributed by atoms with E-state index < -0.39 is 5.97 Å². The third kappa shape index (κ3) is 3.36. The quantitative estimate of drug-likeness (QED) is 0.882. The Hall–Kier alpha value is -2.56. The van der Waals surface area contributed by atoms with E-state index in [1.54, 1.807) is 14.0 Å². The van der Waals surface area contributed by atoms with Crippen LogP contribution >= 0.6 is 0 Å². The lowest BCUT2D eigenvalue weighted by Crippen LogP contribution is -2.20. The van der Waals surface area contributed by atoms with Gasteiger partial charge >= 0.3 is 5.97 Å². The highest BCUT2D eigenvalue weighted by atomic mass is 16.5. The molecule has 5 nitrogen and oxygen atoms in total. The van der Waals surface area contributed by atoms with Crippen molar-refractivity contribution in [1.29, 1.82) is 0 Å². The lowest BCUT2D eigenvalue weighted by atomic mass is 10.1. The van der Waals surface area contributed by atoms with Gasteiger partial charge < -0.3 is 14.6 Å². The smallest absolute Gasteiger partial charge is 0.341 e. The molecule has 1 aromatic heterocycles. The molecule has 2 rings (SSSR count). The fraction of sp³-hybridized carbons (Fsp3) is 0.294. The molecule has 0 saturated heterocycles. The van der Waals surface area contributed by atoms with Gasteiger partial charge in [-0.25, -0.2) is 4.79 Å². The number of rotatable bonds is 4. The van der Waals surface area contributed by atoms with Gasteiger partial charge in [0, 0.05) is 25.0 Å². The summed E-state index contributed by atoms with van der Waals surface area (Å²) in [5.41, 5.74) is 3.72. The van der Waals surface area contributed by atoms with Crippen molar-refractivity contribution in [3.05, 3.63) is 57.5 Å². The molecule has 0 aliphatic carbocycles. The van der Waals surface area contributed by atoms with Crippen LogP contribution in [0.1, 0.15) is 28.4 Å². The van der Waals surface area contributed by atoms with E-state index in [9.17, 15) is 9.59 Å². The number of hydrogen-bond donors (Lipinski definition) is 1. The van der Waals surface area contributed by atoms with Crippen molar-refractivity contribution >= 4 is 17.3 Å². The molecule has 2 aromatic rings. The first-order valence-corrected chi connectivity index (χ1v) is 7.14. The second kappa shape index (κ2) is 6.47. The van der Waals surface area contributed by atoms with Gasteiger partial charge in [-0.3, -0.25) is 4.79 Å². The number of carbonyl (C=O) groups is 1. The highest BCUT2D eigenvalue weighted by molar-refractivity contribution is 5.96. The molecule has 0 unspecified atom stereocenters. The number of aryl methyl sites for hydroxylation is 3. The fourth-order valence-corrected chi connectivity index (χ4v) is 2.08. The van der Waals surface area contributed by atoms with Gasteiger partial charge in [-0.15, -0.1) is 0 Å². The van der Waals surface area contributed by atoms with Gasteiger partial charge in [0.05, 0.1) is 17.9 Å². The van der Waals surface area contributed by atoms with Gasteiger partial charge in [-0.1, -0.05) is 6.07 Å². The van der Waals surface area contributed by atoms with Crippen molar-refractivity contribution in [3.63, 3.8) is 0 Å². The van der Waals surface area contributed by atoms with Gasteiger partial charge in [0.1, 0.15) is 0 Å². The van der Waals surface area contributed by atoms with E-state index in [2.05, 4.69) is 5.32 Å². The van der Waals surface area contributed by atoms with E-state index in [4.69, 9.17) is 4.74 Å². The molecule has 116 valence electrons. The van der Waals surface area contributed by atoms with Gasteiger partial charge in [0.15, 0.2) is 0 Å². The average molecular weight is 300 g/mol. The number of carbonyl (C=O) groups excluding carboxylic acids is 1. The lowest BCUT2D eigenvalue weighted by Gasteiger charge is -2.13. The van der Waals surface area contributed by atoms with Crippen LogP contribution in [0.25, 0.3) is 0 Å². The molecular formula is C17H20N2O3. The Labute approximate surface area is 129 Å². The highest BCUT2D eigenvalue weighted by Crippen LogP contribution is 2.22. The summed E-state index contributed by atoms with van der Waals surface area (Å²) in [5, 5.41) is 3.13. The van der Waals surface area contributed by atoms with E-state index >= 15 is 0 Å². The van der Waals surface area contributed by atoms with Gasteiger partial charge in [0.25, 0.3) is 5.56 Å². The van der Waals surface area contributed by atoms with Crippen LogP contribution in [-0.2, 0) is 11.8 Å². The van der Waals surface area contributed by atoms with Crippen LogP contribution in [0.2, 0.25) is 0 Å². The van der Waals surface area contributed by atoms with E-state index in [1.807, 2.05) is 32.0 Å². The molecule has 0 fully saturated rings. The Bertz CT molecular complexity index is 763. The minimum atomic E-state index is -0.454. The monoisotopic (exact) mass is 300 g/mol. The number of ether oxygens (including phenoxy) is 1. The molecule has 0 atom stereocenters. The van der Waals surface area contributed by atoms with E-state index in [0.717, 1.165) is 11.3 Å². The van der Waals surface area contributed by atoms with Crippen molar-refractivity contribution in [2.45, 2.75) is 20.8 Å². The molecule has 1 N–H and O–H groups in total. The topological polar surface area (TPSA) is 60.3 Å². The summed E-state index contributed by atoms with van der Waals surface area (Å²) in [6.45, 7) is 6.07. The summed E-state index contributed by atoms with van der Waals surface area (Å²) in [6.07, 6.45) is 1.49. The number of benzene rings is 1. The van der Waals surface area contributed by atoms with Crippen LogP contribution in [0.4, 0.5) is 11.4 Å². The first-order valence-electron chi connectivity index (χ1n) is 7.14. The van der Waals surface area contributed by atoms with Crippen molar-refractivity contribution < 1.29 is 9.53 Å². The molecule has 0 amide bonds. The van der Waals surface area contributed by atoms with Crippen molar-refractivity contribution in [2.75, 3.05) is 11.9 Å². The Morgan fingerprint density at radius 3 is 2.59 bits per heavy atom. The summed E-state index contributed by atoms with van der Waals surface area (Å²) < 4.78 is 6.41. The molecule has 0 saturated carbocycles. The Morgan fingerprint density at radius 1 is 1.23 bits per heavy atom. The van der Waals surface area contributed by atoms with Crippen LogP contribution in [0, 0.1) is 13.8 Å². The summed E-state index contributed by atoms with van der Waals surface area (Å²) in [6, 6.07) is 7.28. The van der Waals surface area contributed by atoms with Gasteiger partial charge in [-0.05, 0) is 44.0 Å². The summed E-state index contributed by atoms with van der Waals surface area (Å²) >= 11 is 0. The van der Waals surface area contributed by atoms with Gasteiger partial charge in [-0.2, -0.15) is 0 Å². The molecule has 0 bridgehead atoms. The molecule has 1 aromatic carbocycles. The Kier molecular flexibility index (Phi) is 4.65. The zero-order valence-corrected chi connectivity index (χ0v) is 13.3. The first kappa shape index (κ1) is 15.8. The summed E-state index contributed by atoms with van der Waals surface area (Å²) in [4.78, 5) is 23.9. The van der Waals surface area contributed by atoms with Crippen LogP contribution in [0.15, 0.2) is 35.3 Å². The number of hydrogen-bond acceptors (Lipinski definition) is 4. The number of nitrogens with zero attached hydrogens (tertiary/aromatic N) is 1. The van der Waals surface area contributed by atoms with Crippen molar-refractivity contribution in [3.8, 4) is 0 Å². The predicted molar refractivity (Wildman–Crippen MR) is 86.8 cm³/mol. The number of aromatic nitrogens is 1. The number of pyridine rings is 1. The maximum atomic E-state index is 12.1. The third-order valence-electron chi connectivity index (χ3n) is 3.51. The largest absolute Gasteiger partial charge is 0.462 e. The highest BCUT2D eigenvalue weighted by Gasteiger charge is 2.15. The SMILES string of the molecule is CCOC(=O)c1cn(C)c(=O)cc1Nc1ccc(C)c(C)c1. The molecule has 22 heavy (non-hydrogen) atoms. The number of nitrogens with one attached hydrogen (secondary N) is 1. The van der Waals surface area contributed by atoms with Gasteiger partial charge in [0.2, 0.25) is 0 Å². The Balaban J connectivity index is 2.44. The predicted octanol–water partition coefficient (Wildman–Crippen LogP) is 2.92. The zero-order valence-electron chi connectivity index (χ0n) is 13.3. The van der Waals surface area contributed by atoms with E-state index in [0.29, 0.717) is 11.3 Å². The second-order valence-electron chi connectivity index (χ2n) is 5.19. The first-order chi connectivity index (χ1) is 10.4. The number of esters is 1. The van der Waals surface area contributed by atoms with Crippen molar-refractivity contribution in [1.82, 2.24) is 4.57 Å². The standard InChI is InChI=1S/C17H20N2O3/c1-5-22-17(21)14-10-19(4)16(20)9-15(14)18-13-7-6-11(2)12(3)8-13/h6-10,18H,5H2,1-4H3. The molecular weight excluding hydrogens is 280 g/mol. The molecule has 0 spiro atoms. The van der Waals surface area contributed by atoms with E-state index in [1.165, 1.54) is 22.4 Å². The minimum Gasteiger partial charge on any atom is -0.462 e. The summed E-state index contributed by atoms with van der Waals surface area (Å²) in [5.74, 6) is -0.454. The third-order valence-corrected chi connectivity index (χ3v) is 3.51. The molecule has 0 aliphatic rings. The zero-order chi connectivity index (χ0) is 16.3. The molecule has 0 aliphatic heterocycles. The fourth-order valence-electron chi connectivity index (χ4n) is 2.08. The normalized spacial score (nSPS) is 10.4. The Morgan fingerprint density at radius 2 is 1.95 bits per heavy atom. The molecule has 1 heterocycles. The summed E-state index contributed by atoms with van der Waals surface area (Å²) in [7, 11) is 1.60. The van der Waals surface area contributed by atoms with Crippen LogP contribution < -0.4 is 10.9 Å². The lowest BCUT2D eigenvalue weighted by molar-refractivity contribution is 0.0526. The van der Waals surface area contributed by atoms with Crippen LogP contribution in [0.5, 0.6) is 0 Å².